The predicted octanol–water partition coefficient (Wildman–Crippen LogP) is 4.16. The molecule has 0 aromatic carbocycles. The van der Waals surface area contributed by atoms with E-state index in [0.29, 0.717) is 26.4 Å². The van der Waals surface area contributed by atoms with Crippen LogP contribution in [0.3, 0.4) is 0 Å². The Morgan fingerprint density at radius 2 is 0.885 bits per heavy atom. The Balaban J connectivity index is 1.65. The molecular formula is C22H32O4. The molecule has 4 atom stereocenters. The molecule has 26 heavy (non-hydrogen) atoms. The van der Waals surface area contributed by atoms with E-state index in [0.717, 1.165) is 25.7 Å². The van der Waals surface area contributed by atoms with E-state index in [9.17, 15) is 0 Å². The first kappa shape index (κ1) is 20.8. The quantitative estimate of drug-likeness (QED) is 0.490. The Hall–Kier alpha value is -1.46. The maximum absolute atomic E-state index is 5.96. The van der Waals surface area contributed by atoms with Crippen molar-refractivity contribution in [2.24, 2.45) is 0 Å². The minimum absolute atomic E-state index is 0.102. The zero-order valence-electron chi connectivity index (χ0n) is 15.6. The van der Waals surface area contributed by atoms with Crippen LogP contribution >= 0.6 is 0 Å². The van der Waals surface area contributed by atoms with Crippen LogP contribution in [0.15, 0.2) is 61.8 Å². The first-order chi connectivity index (χ1) is 12.8. The second-order valence-electron chi connectivity index (χ2n) is 6.42. The molecule has 0 radical (unpaired) electrons. The van der Waals surface area contributed by atoms with Crippen molar-refractivity contribution in [3.05, 3.63) is 61.8 Å². The predicted molar refractivity (Wildman–Crippen MR) is 105 cm³/mol. The summed E-state index contributed by atoms with van der Waals surface area (Å²) in [5, 5.41) is 0. The molecule has 2 aliphatic rings. The fraction of sp³-hybridized carbons (Fsp3) is 0.545. The van der Waals surface area contributed by atoms with Gasteiger partial charge < -0.3 is 18.9 Å². The van der Waals surface area contributed by atoms with Gasteiger partial charge in [-0.1, -0.05) is 48.6 Å². The molecule has 0 aromatic rings. The summed E-state index contributed by atoms with van der Waals surface area (Å²) in [6.07, 6.45) is 20.2. The number of rotatable bonds is 12. The summed E-state index contributed by atoms with van der Waals surface area (Å²) in [5.41, 5.74) is 0. The van der Waals surface area contributed by atoms with Crippen LogP contribution in [0.25, 0.3) is 0 Å². The summed E-state index contributed by atoms with van der Waals surface area (Å²) in [4.78, 5) is 0. The van der Waals surface area contributed by atoms with Crippen molar-refractivity contribution in [2.75, 3.05) is 26.4 Å². The molecule has 0 spiro atoms. The Bertz CT molecular complexity index is 450. The molecule has 2 rings (SSSR count). The number of ether oxygens (including phenoxy) is 4. The topological polar surface area (TPSA) is 36.9 Å². The van der Waals surface area contributed by atoms with Gasteiger partial charge in [0.15, 0.2) is 0 Å². The molecule has 2 aliphatic carbocycles. The van der Waals surface area contributed by atoms with Crippen molar-refractivity contribution in [1.29, 1.82) is 0 Å². The molecule has 0 amide bonds. The molecule has 0 aliphatic heterocycles. The van der Waals surface area contributed by atoms with Crippen LogP contribution in [-0.4, -0.2) is 50.8 Å². The SMILES string of the molecule is C=CCO[C@H]1CC=CC[C@@H]1OC/C=C/CO[C@@H]1CC=CC[C@H]1OCC=C. The van der Waals surface area contributed by atoms with Crippen LogP contribution in [0.5, 0.6) is 0 Å². The van der Waals surface area contributed by atoms with Crippen molar-refractivity contribution in [3.8, 4) is 0 Å². The van der Waals surface area contributed by atoms with Crippen LogP contribution in [0.4, 0.5) is 0 Å². The molecule has 0 aromatic heterocycles. The summed E-state index contributed by atoms with van der Waals surface area (Å²) in [6.45, 7) is 9.66. The molecule has 4 heteroatoms. The summed E-state index contributed by atoms with van der Waals surface area (Å²) in [7, 11) is 0. The van der Waals surface area contributed by atoms with E-state index < -0.39 is 0 Å². The van der Waals surface area contributed by atoms with Gasteiger partial charge in [0, 0.05) is 0 Å². The highest BCUT2D eigenvalue weighted by Gasteiger charge is 2.24. The summed E-state index contributed by atoms with van der Waals surface area (Å²) < 4.78 is 23.5. The molecule has 0 fully saturated rings. The standard InChI is InChI=1S/C22H32O4/c1-3-15-23-19-11-5-7-13-21(19)25-17-9-10-18-26-22-14-8-6-12-20(22)24-16-4-2/h3-10,19-22H,1-2,11-18H2/b10-9+/t19-,20+,21-,22+. The fourth-order valence-corrected chi connectivity index (χ4v) is 3.11. The van der Waals surface area contributed by atoms with Crippen molar-refractivity contribution >= 4 is 0 Å². The van der Waals surface area contributed by atoms with E-state index in [-0.39, 0.29) is 24.4 Å². The molecular weight excluding hydrogens is 328 g/mol. The molecule has 0 heterocycles. The minimum Gasteiger partial charge on any atom is -0.371 e. The molecule has 144 valence electrons. The van der Waals surface area contributed by atoms with E-state index >= 15 is 0 Å². The van der Waals surface area contributed by atoms with Gasteiger partial charge in [-0.05, 0) is 25.7 Å². The maximum Gasteiger partial charge on any atom is 0.0878 e. The largest absolute Gasteiger partial charge is 0.371 e. The fourth-order valence-electron chi connectivity index (χ4n) is 3.11. The zero-order valence-corrected chi connectivity index (χ0v) is 15.6. The molecule has 0 saturated carbocycles. The van der Waals surface area contributed by atoms with E-state index in [1.165, 1.54) is 0 Å². The van der Waals surface area contributed by atoms with Crippen LogP contribution in [0.1, 0.15) is 25.7 Å². The Morgan fingerprint density at radius 3 is 1.19 bits per heavy atom. The third-order valence-corrected chi connectivity index (χ3v) is 4.47. The average molecular weight is 360 g/mol. The van der Waals surface area contributed by atoms with E-state index in [1.54, 1.807) is 12.2 Å². The maximum atomic E-state index is 5.96. The number of hydrogen-bond acceptors (Lipinski definition) is 4. The van der Waals surface area contributed by atoms with Gasteiger partial charge in [-0.2, -0.15) is 0 Å². The molecule has 0 saturated heterocycles. The lowest BCUT2D eigenvalue weighted by Gasteiger charge is -2.28. The highest BCUT2D eigenvalue weighted by molar-refractivity contribution is 4.98. The highest BCUT2D eigenvalue weighted by Crippen LogP contribution is 2.20. The zero-order chi connectivity index (χ0) is 18.5. The normalized spacial score (nSPS) is 28.5. The van der Waals surface area contributed by atoms with Crippen molar-refractivity contribution in [3.63, 3.8) is 0 Å². The first-order valence-electron chi connectivity index (χ1n) is 9.48. The second kappa shape index (κ2) is 12.8. The third kappa shape index (κ3) is 7.42. The van der Waals surface area contributed by atoms with Crippen molar-refractivity contribution in [2.45, 2.75) is 50.1 Å². The lowest BCUT2D eigenvalue weighted by Crippen LogP contribution is -2.33. The van der Waals surface area contributed by atoms with Gasteiger partial charge in [0.25, 0.3) is 0 Å². The molecule has 0 bridgehead atoms. The van der Waals surface area contributed by atoms with Crippen LogP contribution < -0.4 is 0 Å². The summed E-state index contributed by atoms with van der Waals surface area (Å²) >= 11 is 0. The third-order valence-electron chi connectivity index (χ3n) is 4.47. The van der Waals surface area contributed by atoms with Gasteiger partial charge in [-0.15, -0.1) is 13.2 Å². The number of hydrogen-bond donors (Lipinski definition) is 0. The molecule has 4 nitrogen and oxygen atoms in total. The molecule has 0 unspecified atom stereocenters. The summed E-state index contributed by atoms with van der Waals surface area (Å²) in [6, 6.07) is 0. The van der Waals surface area contributed by atoms with Crippen molar-refractivity contribution < 1.29 is 18.9 Å². The minimum atomic E-state index is 0.102. The van der Waals surface area contributed by atoms with Gasteiger partial charge in [-0.25, -0.2) is 0 Å². The van der Waals surface area contributed by atoms with E-state index in [4.69, 9.17) is 18.9 Å². The van der Waals surface area contributed by atoms with Crippen LogP contribution in [0, 0.1) is 0 Å². The Labute approximate surface area is 157 Å². The monoisotopic (exact) mass is 360 g/mol. The van der Waals surface area contributed by atoms with Gasteiger partial charge in [-0.3, -0.25) is 0 Å². The Morgan fingerprint density at radius 1 is 0.577 bits per heavy atom. The lowest BCUT2D eigenvalue weighted by molar-refractivity contribution is -0.0606. The van der Waals surface area contributed by atoms with Crippen LogP contribution in [0.2, 0.25) is 0 Å². The van der Waals surface area contributed by atoms with E-state index in [2.05, 4.69) is 37.5 Å². The summed E-state index contributed by atoms with van der Waals surface area (Å²) in [5.74, 6) is 0. The van der Waals surface area contributed by atoms with Gasteiger partial charge in [0.05, 0.1) is 50.8 Å². The van der Waals surface area contributed by atoms with Crippen molar-refractivity contribution in [1.82, 2.24) is 0 Å². The average Bonchev–Trinajstić information content (AvgIpc) is 2.69. The highest BCUT2D eigenvalue weighted by atomic mass is 16.5. The van der Waals surface area contributed by atoms with Gasteiger partial charge >= 0.3 is 0 Å². The lowest BCUT2D eigenvalue weighted by atomic mass is 10.0. The Kier molecular flexibility index (Phi) is 10.3. The van der Waals surface area contributed by atoms with Gasteiger partial charge in [0.2, 0.25) is 0 Å². The van der Waals surface area contributed by atoms with E-state index in [1.807, 2.05) is 12.2 Å². The van der Waals surface area contributed by atoms with Crippen LogP contribution in [-0.2, 0) is 18.9 Å². The second-order valence-corrected chi connectivity index (χ2v) is 6.42. The van der Waals surface area contributed by atoms with Gasteiger partial charge in [0.1, 0.15) is 0 Å². The first-order valence-corrected chi connectivity index (χ1v) is 9.48. The molecule has 0 N–H and O–H groups in total. The smallest absolute Gasteiger partial charge is 0.0878 e.